The number of hydrogen-bond acceptors (Lipinski definition) is 3. The predicted octanol–water partition coefficient (Wildman–Crippen LogP) is 5.86. The third kappa shape index (κ3) is 4.88. The van der Waals surface area contributed by atoms with Gasteiger partial charge in [-0.1, -0.05) is 55.3 Å². The lowest BCUT2D eigenvalue weighted by molar-refractivity contribution is 0.0946. The molecular weight excluding hydrogens is 329 g/mol. The summed E-state index contributed by atoms with van der Waals surface area (Å²) < 4.78 is 19.2. The maximum Gasteiger partial charge on any atom is 0.263 e. The number of Topliss-reactive ketones (excluding diaryl/α,β-unsaturated/α-hetero) is 1. The second kappa shape index (κ2) is 9.09. The molecule has 3 nitrogen and oxygen atoms in total. The van der Waals surface area contributed by atoms with Gasteiger partial charge in [-0.2, -0.15) is 0 Å². The molecule has 0 saturated carbocycles. The summed E-state index contributed by atoms with van der Waals surface area (Å²) in [4.78, 5) is 16.2. The van der Waals surface area contributed by atoms with Crippen molar-refractivity contribution in [3.8, 4) is 11.3 Å². The van der Waals surface area contributed by atoms with Crippen molar-refractivity contribution in [2.45, 2.75) is 38.5 Å². The van der Waals surface area contributed by atoms with Crippen molar-refractivity contribution in [3.05, 3.63) is 78.1 Å². The number of halogens is 1. The van der Waals surface area contributed by atoms with Gasteiger partial charge in [-0.3, -0.25) is 4.79 Å². The lowest BCUT2D eigenvalue weighted by Crippen LogP contribution is -1.99. The number of nitrogens with zero attached hydrogens (tertiary/aromatic N) is 1. The van der Waals surface area contributed by atoms with E-state index in [-0.39, 0.29) is 23.3 Å². The molecule has 0 aliphatic heterocycles. The molecule has 134 valence electrons. The van der Waals surface area contributed by atoms with Crippen LogP contribution in [-0.4, -0.2) is 10.8 Å². The van der Waals surface area contributed by atoms with E-state index in [2.05, 4.69) is 29.2 Å². The minimum atomic E-state index is -0.388. The summed E-state index contributed by atoms with van der Waals surface area (Å²) in [6, 6.07) is 16.7. The van der Waals surface area contributed by atoms with Crippen molar-refractivity contribution in [2.75, 3.05) is 0 Å². The minimum Gasteiger partial charge on any atom is -0.434 e. The molecule has 0 radical (unpaired) electrons. The van der Waals surface area contributed by atoms with Crippen LogP contribution in [0.3, 0.4) is 0 Å². The predicted molar refractivity (Wildman–Crippen MR) is 99.5 cm³/mol. The van der Waals surface area contributed by atoms with Crippen molar-refractivity contribution in [1.29, 1.82) is 0 Å². The van der Waals surface area contributed by atoms with Gasteiger partial charge in [-0.15, -0.1) is 0 Å². The molecular formula is C22H22FNO2. The Morgan fingerprint density at radius 1 is 0.923 bits per heavy atom. The van der Waals surface area contributed by atoms with Gasteiger partial charge in [0, 0.05) is 6.42 Å². The molecule has 0 atom stereocenters. The SMILES string of the molecule is O=C(CCCCCCc1ccccc1)c1ncc(-c2ccccc2F)o1. The van der Waals surface area contributed by atoms with Gasteiger partial charge in [0.15, 0.2) is 5.76 Å². The topological polar surface area (TPSA) is 43.1 Å². The largest absolute Gasteiger partial charge is 0.434 e. The third-order valence-corrected chi connectivity index (χ3v) is 4.35. The number of rotatable bonds is 9. The number of ketones is 1. The van der Waals surface area contributed by atoms with Crippen LogP contribution in [0, 0.1) is 5.82 Å². The van der Waals surface area contributed by atoms with E-state index in [0.29, 0.717) is 12.0 Å². The first-order valence-electron chi connectivity index (χ1n) is 9.02. The summed E-state index contributed by atoms with van der Waals surface area (Å²) in [5, 5.41) is 0. The van der Waals surface area contributed by atoms with E-state index >= 15 is 0 Å². The number of oxazole rings is 1. The standard InChI is InChI=1S/C22H22FNO2/c23-19-14-9-8-13-18(19)21-16-24-22(26-21)20(25)15-7-2-1-4-10-17-11-5-3-6-12-17/h3,5-6,8-9,11-14,16H,1-2,4,7,10,15H2. The number of aryl methyl sites for hydroxylation is 1. The zero-order valence-corrected chi connectivity index (χ0v) is 14.7. The molecule has 0 N–H and O–H groups in total. The minimum absolute atomic E-state index is 0.0625. The highest BCUT2D eigenvalue weighted by atomic mass is 19.1. The molecule has 2 aromatic carbocycles. The molecule has 0 bridgehead atoms. The zero-order valence-electron chi connectivity index (χ0n) is 14.7. The first kappa shape index (κ1) is 18.1. The molecule has 0 aliphatic carbocycles. The Balaban J connectivity index is 1.41. The van der Waals surface area contributed by atoms with Crippen molar-refractivity contribution in [2.24, 2.45) is 0 Å². The Bertz CT molecular complexity index is 842. The molecule has 0 aliphatic rings. The van der Waals surface area contributed by atoms with E-state index in [9.17, 15) is 9.18 Å². The molecule has 26 heavy (non-hydrogen) atoms. The van der Waals surface area contributed by atoms with E-state index in [1.165, 1.54) is 17.8 Å². The van der Waals surface area contributed by atoms with Crippen LogP contribution < -0.4 is 0 Å². The first-order valence-corrected chi connectivity index (χ1v) is 9.02. The molecule has 0 amide bonds. The average molecular weight is 351 g/mol. The number of benzene rings is 2. The average Bonchev–Trinajstić information content (AvgIpc) is 3.15. The van der Waals surface area contributed by atoms with E-state index in [0.717, 1.165) is 32.1 Å². The number of aromatic nitrogens is 1. The highest BCUT2D eigenvalue weighted by Crippen LogP contribution is 2.24. The van der Waals surface area contributed by atoms with Gasteiger partial charge >= 0.3 is 0 Å². The van der Waals surface area contributed by atoms with Gasteiger partial charge in [-0.05, 0) is 37.0 Å². The highest BCUT2D eigenvalue weighted by molar-refractivity contribution is 5.92. The molecule has 0 spiro atoms. The molecule has 3 aromatic rings. The van der Waals surface area contributed by atoms with Gasteiger partial charge in [-0.25, -0.2) is 9.37 Å². The monoisotopic (exact) mass is 351 g/mol. The summed E-state index contributed by atoms with van der Waals surface area (Å²) in [5.41, 5.74) is 1.67. The second-order valence-corrected chi connectivity index (χ2v) is 6.33. The summed E-state index contributed by atoms with van der Waals surface area (Å²) in [6.45, 7) is 0. The maximum absolute atomic E-state index is 13.8. The molecule has 0 saturated heterocycles. The van der Waals surface area contributed by atoms with Crippen LogP contribution in [-0.2, 0) is 6.42 Å². The van der Waals surface area contributed by atoms with Crippen molar-refractivity contribution in [1.82, 2.24) is 4.98 Å². The van der Waals surface area contributed by atoms with Crippen molar-refractivity contribution >= 4 is 5.78 Å². The summed E-state index contributed by atoms with van der Waals surface area (Å²) in [6.07, 6.45) is 6.90. The Kier molecular flexibility index (Phi) is 6.31. The van der Waals surface area contributed by atoms with Gasteiger partial charge in [0.05, 0.1) is 11.8 Å². The Morgan fingerprint density at radius 2 is 1.65 bits per heavy atom. The quantitative estimate of drug-likeness (QED) is 0.358. The molecule has 0 unspecified atom stereocenters. The fourth-order valence-corrected chi connectivity index (χ4v) is 2.91. The lowest BCUT2D eigenvalue weighted by Gasteiger charge is -2.01. The van der Waals surface area contributed by atoms with Crippen LogP contribution in [0.15, 0.2) is 65.2 Å². The van der Waals surface area contributed by atoms with Crippen molar-refractivity contribution in [3.63, 3.8) is 0 Å². The fourth-order valence-electron chi connectivity index (χ4n) is 2.91. The van der Waals surface area contributed by atoms with Crippen LogP contribution >= 0.6 is 0 Å². The van der Waals surface area contributed by atoms with Crippen LogP contribution in [0.25, 0.3) is 11.3 Å². The third-order valence-electron chi connectivity index (χ3n) is 4.35. The van der Waals surface area contributed by atoms with Crippen LogP contribution in [0.2, 0.25) is 0 Å². The van der Waals surface area contributed by atoms with E-state index < -0.39 is 0 Å². The Hall–Kier alpha value is -2.75. The van der Waals surface area contributed by atoms with Gasteiger partial charge in [0.2, 0.25) is 5.78 Å². The molecule has 1 aromatic heterocycles. The molecule has 1 heterocycles. The smallest absolute Gasteiger partial charge is 0.263 e. The zero-order chi connectivity index (χ0) is 18.2. The number of unbranched alkanes of at least 4 members (excludes halogenated alkanes) is 3. The second-order valence-electron chi connectivity index (χ2n) is 6.33. The Labute approximate surface area is 152 Å². The molecule has 4 heteroatoms. The molecule has 0 fully saturated rings. The fraction of sp³-hybridized carbons (Fsp3) is 0.273. The van der Waals surface area contributed by atoms with Gasteiger partial charge in [0.25, 0.3) is 5.89 Å². The number of hydrogen-bond donors (Lipinski definition) is 0. The van der Waals surface area contributed by atoms with Gasteiger partial charge < -0.3 is 4.42 Å². The van der Waals surface area contributed by atoms with Gasteiger partial charge in [0.1, 0.15) is 5.82 Å². The highest BCUT2D eigenvalue weighted by Gasteiger charge is 2.15. The Morgan fingerprint density at radius 3 is 2.46 bits per heavy atom. The summed E-state index contributed by atoms with van der Waals surface area (Å²) in [5.74, 6) is -0.168. The van der Waals surface area contributed by atoms with Crippen LogP contribution in [0.4, 0.5) is 4.39 Å². The summed E-state index contributed by atoms with van der Waals surface area (Å²) >= 11 is 0. The van der Waals surface area contributed by atoms with Crippen LogP contribution in [0.1, 0.15) is 48.4 Å². The van der Waals surface area contributed by atoms with E-state index in [1.54, 1.807) is 18.2 Å². The molecule has 3 rings (SSSR count). The lowest BCUT2D eigenvalue weighted by atomic mass is 10.0. The van der Waals surface area contributed by atoms with Crippen LogP contribution in [0.5, 0.6) is 0 Å². The first-order chi connectivity index (χ1) is 12.7. The van der Waals surface area contributed by atoms with Crippen molar-refractivity contribution < 1.29 is 13.6 Å². The number of carbonyl (C=O) groups is 1. The number of carbonyl (C=O) groups excluding carboxylic acids is 1. The van der Waals surface area contributed by atoms with E-state index in [4.69, 9.17) is 4.42 Å². The maximum atomic E-state index is 13.8. The normalized spacial score (nSPS) is 10.8. The summed E-state index contributed by atoms with van der Waals surface area (Å²) in [7, 11) is 0. The van der Waals surface area contributed by atoms with E-state index in [1.807, 2.05) is 6.07 Å².